The smallest absolute Gasteiger partial charge is 0.306 e. The molecule has 1 unspecified atom stereocenters. The van der Waals surface area contributed by atoms with Crippen molar-refractivity contribution in [2.45, 2.75) is 348 Å². The topological polar surface area (TPSA) is 78.9 Å². The van der Waals surface area contributed by atoms with Crippen LogP contribution in [0.5, 0.6) is 0 Å². The first-order valence-corrected chi connectivity index (χ1v) is 33.4. The molecule has 0 aromatic carbocycles. The molecule has 1 atom stereocenters. The van der Waals surface area contributed by atoms with E-state index in [0.29, 0.717) is 19.3 Å². The highest BCUT2D eigenvalue weighted by Crippen LogP contribution is 2.16. The molecular formula is C71H126O6. The summed E-state index contributed by atoms with van der Waals surface area (Å²) in [5.74, 6) is -0.887. The first kappa shape index (κ1) is 73.8. The molecular weight excluding hydrogens is 949 g/mol. The first-order chi connectivity index (χ1) is 38.0. The monoisotopic (exact) mass is 1070 g/mol. The van der Waals surface area contributed by atoms with E-state index in [1.165, 1.54) is 218 Å². The van der Waals surface area contributed by atoms with Crippen LogP contribution in [0.2, 0.25) is 0 Å². The minimum Gasteiger partial charge on any atom is -0.462 e. The Morgan fingerprint density at radius 2 is 0.468 bits per heavy atom. The SMILES string of the molecule is CCCCCCC/C=C\C/C=C\C/C=C\CCCCCCCCC(=O)OCC(COC(=O)CCCCCCCCC/C=C\CCCCCCCC)OC(=O)CCCCCCCCCCC/C=C\C/C=C\CCCCCCC. The molecule has 0 aliphatic carbocycles. The third kappa shape index (κ3) is 63.6. The van der Waals surface area contributed by atoms with Crippen LogP contribution < -0.4 is 0 Å². The zero-order valence-electron chi connectivity index (χ0n) is 51.2. The molecule has 0 heterocycles. The van der Waals surface area contributed by atoms with Gasteiger partial charge in [0.1, 0.15) is 13.2 Å². The van der Waals surface area contributed by atoms with E-state index in [-0.39, 0.29) is 31.1 Å². The summed E-state index contributed by atoms with van der Waals surface area (Å²) in [6.45, 7) is 6.64. The van der Waals surface area contributed by atoms with Gasteiger partial charge in [0.2, 0.25) is 0 Å². The van der Waals surface area contributed by atoms with Crippen molar-refractivity contribution >= 4 is 17.9 Å². The summed E-state index contributed by atoms with van der Waals surface area (Å²) in [6.07, 6.45) is 84.7. The van der Waals surface area contributed by atoms with Crippen LogP contribution in [0.4, 0.5) is 0 Å². The highest BCUT2D eigenvalue weighted by Gasteiger charge is 2.19. The van der Waals surface area contributed by atoms with Crippen molar-refractivity contribution < 1.29 is 28.6 Å². The number of carbonyl (C=O) groups excluding carboxylic acids is 3. The van der Waals surface area contributed by atoms with Crippen molar-refractivity contribution in [1.29, 1.82) is 0 Å². The molecule has 77 heavy (non-hydrogen) atoms. The normalized spacial score (nSPS) is 12.5. The van der Waals surface area contributed by atoms with E-state index in [9.17, 15) is 14.4 Å². The number of hydrogen-bond acceptors (Lipinski definition) is 6. The molecule has 6 heteroatoms. The summed E-state index contributed by atoms with van der Waals surface area (Å²) in [4.78, 5) is 38.4. The second-order valence-corrected chi connectivity index (χ2v) is 22.4. The van der Waals surface area contributed by atoms with E-state index < -0.39 is 6.10 Å². The van der Waals surface area contributed by atoms with Crippen LogP contribution >= 0.6 is 0 Å². The van der Waals surface area contributed by atoms with Gasteiger partial charge in [-0.25, -0.2) is 0 Å². The van der Waals surface area contributed by atoms with Crippen molar-refractivity contribution in [2.24, 2.45) is 0 Å². The Hall–Kier alpha value is -3.15. The van der Waals surface area contributed by atoms with Gasteiger partial charge in [-0.15, -0.1) is 0 Å². The summed E-state index contributed by atoms with van der Waals surface area (Å²) in [5.41, 5.74) is 0. The van der Waals surface area contributed by atoms with Gasteiger partial charge in [0.05, 0.1) is 0 Å². The molecule has 0 saturated carbocycles. The molecule has 6 nitrogen and oxygen atoms in total. The van der Waals surface area contributed by atoms with E-state index in [1.807, 2.05) is 0 Å². The average Bonchev–Trinajstić information content (AvgIpc) is 3.43. The van der Waals surface area contributed by atoms with Gasteiger partial charge in [0, 0.05) is 19.3 Å². The molecule has 0 radical (unpaired) electrons. The minimum atomic E-state index is -0.787. The second-order valence-electron chi connectivity index (χ2n) is 22.4. The van der Waals surface area contributed by atoms with Crippen LogP contribution in [-0.2, 0) is 28.6 Å². The van der Waals surface area contributed by atoms with Gasteiger partial charge >= 0.3 is 17.9 Å². The van der Waals surface area contributed by atoms with E-state index in [0.717, 1.165) is 83.5 Å². The molecule has 0 rings (SSSR count). The van der Waals surface area contributed by atoms with E-state index >= 15 is 0 Å². The van der Waals surface area contributed by atoms with Gasteiger partial charge in [-0.2, -0.15) is 0 Å². The Morgan fingerprint density at radius 1 is 0.260 bits per heavy atom. The summed E-state index contributed by atoms with van der Waals surface area (Å²) >= 11 is 0. The van der Waals surface area contributed by atoms with Crippen molar-refractivity contribution in [3.8, 4) is 0 Å². The Balaban J connectivity index is 4.40. The molecule has 446 valence electrons. The third-order valence-electron chi connectivity index (χ3n) is 14.7. The third-order valence-corrected chi connectivity index (χ3v) is 14.7. The summed E-state index contributed by atoms with van der Waals surface area (Å²) in [6, 6.07) is 0. The highest BCUT2D eigenvalue weighted by atomic mass is 16.6. The molecule has 0 aromatic heterocycles. The van der Waals surface area contributed by atoms with Crippen molar-refractivity contribution in [3.63, 3.8) is 0 Å². The fourth-order valence-corrected chi connectivity index (χ4v) is 9.59. The van der Waals surface area contributed by atoms with E-state index in [4.69, 9.17) is 14.2 Å². The van der Waals surface area contributed by atoms with Gasteiger partial charge in [-0.05, 0) is 116 Å². The second kappa shape index (κ2) is 65.4. The Kier molecular flexibility index (Phi) is 62.7. The van der Waals surface area contributed by atoms with Crippen LogP contribution in [0.15, 0.2) is 72.9 Å². The van der Waals surface area contributed by atoms with Crippen LogP contribution in [-0.4, -0.2) is 37.2 Å². The predicted octanol–water partition coefficient (Wildman–Crippen LogP) is 22.9. The van der Waals surface area contributed by atoms with Crippen molar-refractivity contribution in [1.82, 2.24) is 0 Å². The zero-order valence-corrected chi connectivity index (χ0v) is 51.2. The van der Waals surface area contributed by atoms with Crippen molar-refractivity contribution in [3.05, 3.63) is 72.9 Å². The largest absolute Gasteiger partial charge is 0.462 e. The summed E-state index contributed by atoms with van der Waals surface area (Å²) in [5, 5.41) is 0. The van der Waals surface area contributed by atoms with Crippen LogP contribution in [0, 0.1) is 0 Å². The van der Waals surface area contributed by atoms with Crippen molar-refractivity contribution in [2.75, 3.05) is 13.2 Å². The van der Waals surface area contributed by atoms with Gasteiger partial charge < -0.3 is 14.2 Å². The zero-order chi connectivity index (χ0) is 55.7. The number of esters is 3. The molecule has 0 fully saturated rings. The molecule has 0 amide bonds. The molecule has 0 N–H and O–H groups in total. The fraction of sp³-hybridized carbons (Fsp3) is 0.789. The maximum Gasteiger partial charge on any atom is 0.306 e. The predicted molar refractivity (Wildman–Crippen MR) is 335 cm³/mol. The maximum absolute atomic E-state index is 12.9. The lowest BCUT2D eigenvalue weighted by atomic mass is 10.1. The number of allylic oxidation sites excluding steroid dienone is 12. The van der Waals surface area contributed by atoms with Gasteiger partial charge in [-0.1, -0.05) is 280 Å². The van der Waals surface area contributed by atoms with E-state index in [2.05, 4.69) is 93.7 Å². The lowest BCUT2D eigenvalue weighted by Gasteiger charge is -2.18. The molecule has 0 aliphatic heterocycles. The minimum absolute atomic E-state index is 0.0823. The number of rotatable bonds is 61. The lowest BCUT2D eigenvalue weighted by molar-refractivity contribution is -0.167. The lowest BCUT2D eigenvalue weighted by Crippen LogP contribution is -2.30. The van der Waals surface area contributed by atoms with E-state index in [1.54, 1.807) is 0 Å². The standard InChI is InChI=1S/C71H126O6/c1-4-7-10-13-16-19-22-25-28-31-33-35-37-40-43-46-49-52-55-58-61-64-70(73)76-67-68(66-75-69(72)63-60-57-54-51-48-45-42-39-30-27-24-21-18-15-12-9-6-3)77-71(74)65-62-59-56-53-50-47-44-41-38-36-34-32-29-26-23-20-17-14-11-8-5-2/h22-23,25-27,30-34,37,40,68H,4-21,24,28-29,35-36,38-39,41-67H2,1-3H3/b25-22-,26-23-,30-27-,33-31-,34-32-,40-37-. The highest BCUT2D eigenvalue weighted by molar-refractivity contribution is 5.71. The molecule has 0 spiro atoms. The molecule has 0 aliphatic rings. The average molecular weight is 1080 g/mol. The number of hydrogen-bond donors (Lipinski definition) is 0. The molecule has 0 bridgehead atoms. The van der Waals surface area contributed by atoms with Crippen LogP contribution in [0.1, 0.15) is 342 Å². The van der Waals surface area contributed by atoms with Crippen LogP contribution in [0.3, 0.4) is 0 Å². The number of unbranched alkanes of at least 4 members (excludes halogenated alkanes) is 38. The summed E-state index contributed by atoms with van der Waals surface area (Å²) in [7, 11) is 0. The Bertz CT molecular complexity index is 1420. The molecule has 0 aromatic rings. The fourth-order valence-electron chi connectivity index (χ4n) is 9.59. The summed E-state index contributed by atoms with van der Waals surface area (Å²) < 4.78 is 17.0. The maximum atomic E-state index is 12.9. The van der Waals surface area contributed by atoms with Gasteiger partial charge in [0.15, 0.2) is 6.10 Å². The van der Waals surface area contributed by atoms with Gasteiger partial charge in [-0.3, -0.25) is 14.4 Å². The van der Waals surface area contributed by atoms with Gasteiger partial charge in [0.25, 0.3) is 0 Å². The van der Waals surface area contributed by atoms with Crippen LogP contribution in [0.25, 0.3) is 0 Å². The molecule has 0 saturated heterocycles. The Morgan fingerprint density at radius 3 is 0.740 bits per heavy atom. The quantitative estimate of drug-likeness (QED) is 0.0261. The number of carbonyl (C=O) groups is 3. The Labute approximate surface area is 478 Å². The number of ether oxygens (including phenoxy) is 3. The first-order valence-electron chi connectivity index (χ1n) is 33.4.